The number of aromatic nitrogens is 1. The predicted octanol–water partition coefficient (Wildman–Crippen LogP) is 4.43. The zero-order valence-corrected chi connectivity index (χ0v) is 10.9. The Balaban J connectivity index is 1.94. The predicted molar refractivity (Wildman–Crippen MR) is 74.7 cm³/mol. The largest absolute Gasteiger partial charge is 0.468 e. The highest BCUT2D eigenvalue weighted by atomic mass is 32.2. The quantitative estimate of drug-likeness (QED) is 0.648. The van der Waals surface area contributed by atoms with Gasteiger partial charge < -0.3 is 4.42 Å². The Labute approximate surface area is 110 Å². The minimum absolute atomic E-state index is 0.847. The molecule has 0 bridgehead atoms. The van der Waals surface area contributed by atoms with E-state index in [0.717, 1.165) is 17.0 Å². The number of hydrogen-bond acceptors (Lipinski definition) is 3. The molecule has 3 aromatic rings. The molecule has 2 heterocycles. The van der Waals surface area contributed by atoms with Crippen molar-refractivity contribution >= 4 is 22.7 Å². The van der Waals surface area contributed by atoms with E-state index in [-0.39, 0.29) is 0 Å². The van der Waals surface area contributed by atoms with Crippen LogP contribution in [0, 0.1) is 6.92 Å². The fourth-order valence-corrected chi connectivity index (χ4v) is 2.90. The van der Waals surface area contributed by atoms with Crippen molar-refractivity contribution in [2.24, 2.45) is 0 Å². The van der Waals surface area contributed by atoms with E-state index in [0.29, 0.717) is 0 Å². The maximum absolute atomic E-state index is 5.35. The molecule has 0 atom stereocenters. The molecule has 2 nitrogen and oxygen atoms in total. The zero-order chi connectivity index (χ0) is 12.4. The molecule has 18 heavy (non-hydrogen) atoms. The van der Waals surface area contributed by atoms with Crippen molar-refractivity contribution in [2.75, 3.05) is 0 Å². The third-order valence-electron chi connectivity index (χ3n) is 2.88. The molecule has 2 aromatic heterocycles. The molecule has 3 rings (SSSR count). The Morgan fingerprint density at radius 2 is 2.11 bits per heavy atom. The minimum Gasteiger partial charge on any atom is -0.468 e. The van der Waals surface area contributed by atoms with Gasteiger partial charge in [-0.25, -0.2) is 0 Å². The van der Waals surface area contributed by atoms with Crippen LogP contribution in [0.4, 0.5) is 0 Å². The summed E-state index contributed by atoms with van der Waals surface area (Å²) in [4.78, 5) is 5.70. The Kier molecular flexibility index (Phi) is 3.07. The summed E-state index contributed by atoms with van der Waals surface area (Å²) >= 11 is 1.78. The lowest BCUT2D eigenvalue weighted by atomic mass is 10.1. The topological polar surface area (TPSA) is 26.0 Å². The van der Waals surface area contributed by atoms with Gasteiger partial charge in [0.1, 0.15) is 5.76 Å². The summed E-state index contributed by atoms with van der Waals surface area (Å²) in [6, 6.07) is 12.3. The number of nitrogens with zero attached hydrogens (tertiary/aromatic N) is 1. The summed E-state index contributed by atoms with van der Waals surface area (Å²) in [5.74, 6) is 1.85. The number of fused-ring (bicyclic) bond motifs is 1. The van der Waals surface area contributed by atoms with E-state index in [4.69, 9.17) is 4.42 Å². The Morgan fingerprint density at radius 3 is 2.94 bits per heavy atom. The SMILES string of the molecule is Cc1ccc(SCc2ccco2)c2cccnc12. The molecule has 0 spiro atoms. The smallest absolute Gasteiger partial charge is 0.113 e. The molecule has 0 aliphatic rings. The van der Waals surface area contributed by atoms with Gasteiger partial charge in [0.15, 0.2) is 0 Å². The maximum Gasteiger partial charge on any atom is 0.113 e. The minimum atomic E-state index is 0.847. The molecule has 90 valence electrons. The number of aryl methyl sites for hydroxylation is 1. The summed E-state index contributed by atoms with van der Waals surface area (Å²) in [5.41, 5.74) is 2.30. The Hall–Kier alpha value is -1.74. The van der Waals surface area contributed by atoms with E-state index in [1.807, 2.05) is 24.4 Å². The summed E-state index contributed by atoms with van der Waals surface area (Å²) in [6.45, 7) is 2.09. The molecular weight excluding hydrogens is 242 g/mol. The lowest BCUT2D eigenvalue weighted by Gasteiger charge is -2.06. The lowest BCUT2D eigenvalue weighted by molar-refractivity contribution is 0.530. The van der Waals surface area contributed by atoms with Gasteiger partial charge in [0.2, 0.25) is 0 Å². The third-order valence-corrected chi connectivity index (χ3v) is 3.98. The van der Waals surface area contributed by atoms with Crippen molar-refractivity contribution in [3.05, 3.63) is 60.2 Å². The van der Waals surface area contributed by atoms with Crippen molar-refractivity contribution in [3.63, 3.8) is 0 Å². The van der Waals surface area contributed by atoms with Gasteiger partial charge in [-0.15, -0.1) is 11.8 Å². The van der Waals surface area contributed by atoms with E-state index < -0.39 is 0 Å². The molecular formula is C15H13NOS. The van der Waals surface area contributed by atoms with Gasteiger partial charge in [-0.05, 0) is 36.8 Å². The fourth-order valence-electron chi connectivity index (χ4n) is 1.96. The first-order chi connectivity index (χ1) is 8.84. The van der Waals surface area contributed by atoms with Crippen LogP contribution in [-0.4, -0.2) is 4.98 Å². The summed E-state index contributed by atoms with van der Waals surface area (Å²) in [5, 5.41) is 1.22. The molecule has 0 unspecified atom stereocenters. The second kappa shape index (κ2) is 4.86. The average molecular weight is 255 g/mol. The molecule has 0 saturated carbocycles. The van der Waals surface area contributed by atoms with Gasteiger partial charge in [-0.2, -0.15) is 0 Å². The van der Waals surface area contributed by atoms with Gasteiger partial charge in [0.05, 0.1) is 17.5 Å². The van der Waals surface area contributed by atoms with Gasteiger partial charge >= 0.3 is 0 Å². The Bertz CT molecular complexity index is 661. The normalized spacial score (nSPS) is 10.9. The molecule has 0 N–H and O–H groups in total. The van der Waals surface area contributed by atoms with Crippen molar-refractivity contribution in [3.8, 4) is 0 Å². The van der Waals surface area contributed by atoms with Crippen molar-refractivity contribution < 1.29 is 4.42 Å². The van der Waals surface area contributed by atoms with Crippen LogP contribution in [0.25, 0.3) is 10.9 Å². The second-order valence-electron chi connectivity index (χ2n) is 4.15. The molecule has 0 amide bonds. The number of rotatable bonds is 3. The highest BCUT2D eigenvalue weighted by Gasteiger charge is 2.05. The second-order valence-corrected chi connectivity index (χ2v) is 5.17. The summed E-state index contributed by atoms with van der Waals surface area (Å²) < 4.78 is 5.35. The number of pyridine rings is 1. The van der Waals surface area contributed by atoms with Crippen LogP contribution < -0.4 is 0 Å². The lowest BCUT2D eigenvalue weighted by Crippen LogP contribution is -1.85. The van der Waals surface area contributed by atoms with Crippen molar-refractivity contribution in [1.29, 1.82) is 0 Å². The monoisotopic (exact) mass is 255 g/mol. The van der Waals surface area contributed by atoms with Crippen LogP contribution in [-0.2, 0) is 5.75 Å². The van der Waals surface area contributed by atoms with Crippen LogP contribution in [0.15, 0.2) is 58.2 Å². The van der Waals surface area contributed by atoms with Crippen LogP contribution in [0.2, 0.25) is 0 Å². The molecule has 3 heteroatoms. The number of benzene rings is 1. The maximum atomic E-state index is 5.35. The first kappa shape index (κ1) is 11.4. The van der Waals surface area contributed by atoms with Crippen LogP contribution in [0.1, 0.15) is 11.3 Å². The summed E-state index contributed by atoms with van der Waals surface area (Å²) in [6.07, 6.45) is 3.56. The van der Waals surface area contributed by atoms with E-state index in [1.165, 1.54) is 15.8 Å². The summed E-state index contributed by atoms with van der Waals surface area (Å²) in [7, 11) is 0. The molecule has 1 aromatic carbocycles. The standard InChI is InChI=1S/C15H13NOS/c1-11-6-7-14(13-5-2-8-16-15(11)13)18-10-12-4-3-9-17-12/h2-9H,10H2,1H3. The van der Waals surface area contributed by atoms with Gasteiger partial charge in [0, 0.05) is 16.5 Å². The van der Waals surface area contributed by atoms with Crippen LogP contribution >= 0.6 is 11.8 Å². The van der Waals surface area contributed by atoms with Crippen LogP contribution in [0.3, 0.4) is 0 Å². The number of furan rings is 1. The molecule has 0 saturated heterocycles. The van der Waals surface area contributed by atoms with Crippen molar-refractivity contribution in [2.45, 2.75) is 17.6 Å². The van der Waals surface area contributed by atoms with Gasteiger partial charge in [0.25, 0.3) is 0 Å². The molecule has 0 aliphatic carbocycles. The Morgan fingerprint density at radius 1 is 1.17 bits per heavy atom. The highest BCUT2D eigenvalue weighted by Crippen LogP contribution is 2.30. The van der Waals surface area contributed by atoms with E-state index in [1.54, 1.807) is 18.0 Å². The first-order valence-corrected chi connectivity index (χ1v) is 6.82. The molecule has 0 fully saturated rings. The average Bonchev–Trinajstić information content (AvgIpc) is 2.92. The zero-order valence-electron chi connectivity index (χ0n) is 10.1. The van der Waals surface area contributed by atoms with E-state index in [2.05, 4.69) is 30.1 Å². The van der Waals surface area contributed by atoms with E-state index in [9.17, 15) is 0 Å². The van der Waals surface area contributed by atoms with Gasteiger partial charge in [-0.3, -0.25) is 4.98 Å². The fraction of sp³-hybridized carbons (Fsp3) is 0.133. The molecule has 0 aliphatic heterocycles. The highest BCUT2D eigenvalue weighted by molar-refractivity contribution is 7.98. The van der Waals surface area contributed by atoms with Gasteiger partial charge in [-0.1, -0.05) is 12.1 Å². The number of thioether (sulfide) groups is 1. The first-order valence-electron chi connectivity index (χ1n) is 5.84. The van der Waals surface area contributed by atoms with Crippen molar-refractivity contribution in [1.82, 2.24) is 4.98 Å². The number of hydrogen-bond donors (Lipinski definition) is 0. The third kappa shape index (κ3) is 2.14. The molecule has 0 radical (unpaired) electrons. The van der Waals surface area contributed by atoms with E-state index >= 15 is 0 Å². The van der Waals surface area contributed by atoms with Crippen LogP contribution in [0.5, 0.6) is 0 Å².